The van der Waals surface area contributed by atoms with E-state index >= 15 is 0 Å². The average Bonchev–Trinajstić information content (AvgIpc) is 2.92. The van der Waals surface area contributed by atoms with Crippen molar-refractivity contribution in [2.75, 3.05) is 14.2 Å². The molecule has 3 heteroatoms. The summed E-state index contributed by atoms with van der Waals surface area (Å²) in [5.41, 5.74) is 2.50. The van der Waals surface area contributed by atoms with Crippen LogP contribution in [0.15, 0.2) is 30.3 Å². The molecule has 0 aliphatic heterocycles. The summed E-state index contributed by atoms with van der Waals surface area (Å²) in [5.74, 6) is 0.952. The molecule has 1 unspecified atom stereocenters. The van der Waals surface area contributed by atoms with Gasteiger partial charge in [-0.05, 0) is 49.7 Å². The van der Waals surface area contributed by atoms with E-state index in [-0.39, 0.29) is 0 Å². The molecule has 0 saturated heterocycles. The van der Waals surface area contributed by atoms with Crippen molar-refractivity contribution in [2.45, 2.75) is 32.7 Å². The zero-order valence-corrected chi connectivity index (χ0v) is 13.5. The Hall–Kier alpha value is -1.32. The number of methoxy groups -OCH3 is 1. The largest absolute Gasteiger partial charge is 0.496 e. The molecule has 0 fully saturated rings. The number of thiophene rings is 1. The van der Waals surface area contributed by atoms with Gasteiger partial charge in [-0.15, -0.1) is 11.3 Å². The third-order valence-electron chi connectivity index (χ3n) is 3.64. The lowest BCUT2D eigenvalue weighted by atomic mass is 10.0. The van der Waals surface area contributed by atoms with E-state index in [2.05, 4.69) is 49.5 Å². The number of hydrogen-bond acceptors (Lipinski definition) is 3. The molecular formula is C17H23NOS. The Morgan fingerprint density at radius 3 is 2.50 bits per heavy atom. The molecule has 2 aromatic rings. The maximum atomic E-state index is 5.33. The van der Waals surface area contributed by atoms with Crippen LogP contribution in [0.2, 0.25) is 0 Å². The standard InChI is InChI=1S/C17H23NOS/c1-5-14-7-8-15(20-14)11-16(18-3)13-6-9-17(19-4)12(2)10-13/h6-10,16,18H,5,11H2,1-4H3. The number of ether oxygens (including phenoxy) is 1. The minimum absolute atomic E-state index is 0.350. The van der Waals surface area contributed by atoms with Crippen LogP contribution in [0.4, 0.5) is 0 Å². The SMILES string of the molecule is CCc1ccc(CC(NC)c2ccc(OC)c(C)c2)s1. The summed E-state index contributed by atoms with van der Waals surface area (Å²) < 4.78 is 5.33. The fourth-order valence-corrected chi connectivity index (χ4v) is 3.43. The van der Waals surface area contributed by atoms with Gasteiger partial charge in [-0.2, -0.15) is 0 Å². The third-order valence-corrected chi connectivity index (χ3v) is 4.89. The predicted molar refractivity (Wildman–Crippen MR) is 86.9 cm³/mol. The van der Waals surface area contributed by atoms with Crippen molar-refractivity contribution < 1.29 is 4.74 Å². The molecule has 0 radical (unpaired) electrons. The van der Waals surface area contributed by atoms with Gasteiger partial charge in [0.05, 0.1) is 7.11 Å². The van der Waals surface area contributed by atoms with Gasteiger partial charge in [0.1, 0.15) is 5.75 Å². The van der Waals surface area contributed by atoms with Gasteiger partial charge in [0.15, 0.2) is 0 Å². The normalized spacial score (nSPS) is 12.4. The van der Waals surface area contributed by atoms with Gasteiger partial charge in [0, 0.05) is 22.2 Å². The smallest absolute Gasteiger partial charge is 0.121 e. The highest BCUT2D eigenvalue weighted by atomic mass is 32.1. The van der Waals surface area contributed by atoms with Gasteiger partial charge < -0.3 is 10.1 Å². The Morgan fingerprint density at radius 2 is 1.95 bits per heavy atom. The van der Waals surface area contributed by atoms with E-state index in [1.807, 2.05) is 18.4 Å². The average molecular weight is 289 g/mol. The van der Waals surface area contributed by atoms with Crippen LogP contribution >= 0.6 is 11.3 Å². The van der Waals surface area contributed by atoms with Gasteiger partial charge in [-0.1, -0.05) is 19.1 Å². The van der Waals surface area contributed by atoms with Crippen molar-refractivity contribution in [1.82, 2.24) is 5.32 Å². The first kappa shape index (κ1) is 15.1. The molecular weight excluding hydrogens is 266 g/mol. The van der Waals surface area contributed by atoms with E-state index in [0.717, 1.165) is 18.6 Å². The fourth-order valence-electron chi connectivity index (χ4n) is 2.43. The van der Waals surface area contributed by atoms with Gasteiger partial charge in [0.2, 0.25) is 0 Å². The van der Waals surface area contributed by atoms with Gasteiger partial charge >= 0.3 is 0 Å². The maximum Gasteiger partial charge on any atom is 0.121 e. The van der Waals surface area contributed by atoms with Crippen molar-refractivity contribution in [1.29, 1.82) is 0 Å². The first-order valence-electron chi connectivity index (χ1n) is 7.07. The lowest BCUT2D eigenvalue weighted by Gasteiger charge is -2.17. The summed E-state index contributed by atoms with van der Waals surface area (Å²) in [4.78, 5) is 2.90. The van der Waals surface area contributed by atoms with E-state index in [1.54, 1.807) is 7.11 Å². The summed E-state index contributed by atoms with van der Waals surface area (Å²) in [6.07, 6.45) is 2.16. The molecule has 0 spiro atoms. The summed E-state index contributed by atoms with van der Waals surface area (Å²) in [6.45, 7) is 4.30. The number of rotatable bonds is 6. The highest BCUT2D eigenvalue weighted by Gasteiger charge is 2.13. The zero-order chi connectivity index (χ0) is 14.5. The van der Waals surface area contributed by atoms with Crippen LogP contribution in [0.25, 0.3) is 0 Å². The van der Waals surface area contributed by atoms with E-state index in [9.17, 15) is 0 Å². The zero-order valence-electron chi connectivity index (χ0n) is 12.7. The molecule has 1 N–H and O–H groups in total. The summed E-state index contributed by atoms with van der Waals surface area (Å²) >= 11 is 1.92. The van der Waals surface area contributed by atoms with Crippen molar-refractivity contribution in [3.8, 4) is 5.75 Å². The van der Waals surface area contributed by atoms with Crippen LogP contribution in [-0.2, 0) is 12.8 Å². The third kappa shape index (κ3) is 3.41. The second kappa shape index (κ2) is 6.91. The number of nitrogens with one attached hydrogen (secondary N) is 1. The van der Waals surface area contributed by atoms with Crippen LogP contribution < -0.4 is 10.1 Å². The molecule has 108 valence electrons. The van der Waals surface area contributed by atoms with E-state index in [0.29, 0.717) is 6.04 Å². The summed E-state index contributed by atoms with van der Waals surface area (Å²) in [7, 11) is 3.74. The Kier molecular flexibility index (Phi) is 5.21. The van der Waals surface area contributed by atoms with Crippen molar-refractivity contribution >= 4 is 11.3 Å². The van der Waals surface area contributed by atoms with Crippen LogP contribution in [0.5, 0.6) is 5.75 Å². The quantitative estimate of drug-likeness (QED) is 0.863. The minimum atomic E-state index is 0.350. The second-order valence-electron chi connectivity index (χ2n) is 5.00. The molecule has 0 aliphatic carbocycles. The number of likely N-dealkylation sites (N-methyl/N-ethyl adjacent to an activating group) is 1. The Morgan fingerprint density at radius 1 is 1.20 bits per heavy atom. The number of benzene rings is 1. The van der Waals surface area contributed by atoms with E-state index in [4.69, 9.17) is 4.74 Å². The highest BCUT2D eigenvalue weighted by Crippen LogP contribution is 2.27. The predicted octanol–water partition coefficient (Wildman–Crippen LogP) is 4.13. The minimum Gasteiger partial charge on any atom is -0.496 e. The van der Waals surface area contributed by atoms with Gasteiger partial charge in [0.25, 0.3) is 0 Å². The monoisotopic (exact) mass is 289 g/mol. The lowest BCUT2D eigenvalue weighted by Crippen LogP contribution is -2.18. The van der Waals surface area contributed by atoms with Crippen LogP contribution in [0.3, 0.4) is 0 Å². The molecule has 0 bridgehead atoms. The molecule has 1 aromatic carbocycles. The van der Waals surface area contributed by atoms with Gasteiger partial charge in [-0.25, -0.2) is 0 Å². The fraction of sp³-hybridized carbons (Fsp3) is 0.412. The molecule has 20 heavy (non-hydrogen) atoms. The van der Waals surface area contributed by atoms with Crippen molar-refractivity contribution in [3.05, 3.63) is 51.2 Å². The Labute approximate surface area is 125 Å². The lowest BCUT2D eigenvalue weighted by molar-refractivity contribution is 0.411. The molecule has 1 atom stereocenters. The van der Waals surface area contributed by atoms with Crippen LogP contribution in [0, 0.1) is 6.92 Å². The topological polar surface area (TPSA) is 21.3 Å². The van der Waals surface area contributed by atoms with Gasteiger partial charge in [-0.3, -0.25) is 0 Å². The maximum absolute atomic E-state index is 5.33. The first-order chi connectivity index (χ1) is 9.67. The van der Waals surface area contributed by atoms with Crippen LogP contribution in [0.1, 0.15) is 33.8 Å². The molecule has 2 rings (SSSR count). The summed E-state index contributed by atoms with van der Waals surface area (Å²) in [6, 6.07) is 11.3. The molecule has 0 aliphatic rings. The van der Waals surface area contributed by atoms with Crippen LogP contribution in [-0.4, -0.2) is 14.2 Å². The second-order valence-corrected chi connectivity index (χ2v) is 6.25. The molecule has 2 nitrogen and oxygen atoms in total. The highest BCUT2D eigenvalue weighted by molar-refractivity contribution is 7.11. The Balaban J connectivity index is 2.17. The first-order valence-corrected chi connectivity index (χ1v) is 7.89. The molecule has 0 amide bonds. The Bertz CT molecular complexity index is 562. The van der Waals surface area contributed by atoms with E-state index < -0.39 is 0 Å². The molecule has 0 saturated carbocycles. The number of hydrogen-bond donors (Lipinski definition) is 1. The van der Waals surface area contributed by atoms with Crippen molar-refractivity contribution in [2.24, 2.45) is 0 Å². The van der Waals surface area contributed by atoms with E-state index in [1.165, 1.54) is 20.9 Å². The summed E-state index contributed by atoms with van der Waals surface area (Å²) in [5, 5.41) is 3.42. The molecule has 1 heterocycles. The molecule has 1 aromatic heterocycles. The van der Waals surface area contributed by atoms with Crippen molar-refractivity contribution in [3.63, 3.8) is 0 Å². The number of aryl methyl sites for hydroxylation is 2.